The van der Waals surface area contributed by atoms with E-state index < -0.39 is 24.3 Å². The molecule has 2 rings (SSSR count). The van der Waals surface area contributed by atoms with Gasteiger partial charge >= 0.3 is 12.3 Å². The summed E-state index contributed by atoms with van der Waals surface area (Å²) in [6.07, 6.45) is -1.95. The van der Waals surface area contributed by atoms with Crippen LogP contribution in [0.5, 0.6) is 0 Å². The lowest BCUT2D eigenvalue weighted by atomic mass is 9.87. The van der Waals surface area contributed by atoms with Crippen molar-refractivity contribution in [1.82, 2.24) is 4.90 Å². The molecule has 0 N–H and O–H groups in total. The summed E-state index contributed by atoms with van der Waals surface area (Å²) < 4.78 is 50.9. The van der Waals surface area contributed by atoms with Crippen molar-refractivity contribution < 1.29 is 22.4 Å². The van der Waals surface area contributed by atoms with Crippen LogP contribution in [0.25, 0.3) is 0 Å². The van der Waals surface area contributed by atoms with Crippen LogP contribution in [0, 0.1) is 0 Å². The van der Waals surface area contributed by atoms with Gasteiger partial charge in [0.05, 0.1) is 6.04 Å². The van der Waals surface area contributed by atoms with Crippen LogP contribution in [0.2, 0.25) is 0 Å². The van der Waals surface area contributed by atoms with Crippen molar-refractivity contribution in [2.24, 2.45) is 0 Å². The quantitative estimate of drug-likeness (QED) is 0.781. The van der Waals surface area contributed by atoms with Crippen LogP contribution in [-0.2, 0) is 11.2 Å². The maximum atomic E-state index is 13.2. The van der Waals surface area contributed by atoms with Crippen molar-refractivity contribution in [3.63, 3.8) is 0 Å². The first-order chi connectivity index (χ1) is 9.35. The first-order valence-electron chi connectivity index (χ1n) is 6.36. The van der Waals surface area contributed by atoms with E-state index in [4.69, 9.17) is 0 Å². The minimum atomic E-state index is -4.64. The van der Waals surface area contributed by atoms with Crippen molar-refractivity contribution in [3.05, 3.63) is 35.4 Å². The Morgan fingerprint density at radius 1 is 1.35 bits per heavy atom. The van der Waals surface area contributed by atoms with Gasteiger partial charge in [-0.05, 0) is 30.4 Å². The average molecular weight is 289 g/mol. The lowest BCUT2D eigenvalue weighted by Gasteiger charge is -2.34. The maximum absolute atomic E-state index is 13.2. The topological polar surface area (TPSA) is 20.3 Å². The van der Waals surface area contributed by atoms with Gasteiger partial charge in [0, 0.05) is 7.05 Å². The Balaban J connectivity index is 2.27. The third-order valence-corrected chi connectivity index (χ3v) is 3.68. The van der Waals surface area contributed by atoms with Crippen molar-refractivity contribution in [2.45, 2.75) is 37.7 Å². The van der Waals surface area contributed by atoms with Gasteiger partial charge in [-0.3, -0.25) is 4.79 Å². The molecule has 6 heteroatoms. The molecule has 0 bridgehead atoms. The van der Waals surface area contributed by atoms with E-state index in [0.29, 0.717) is 6.42 Å². The number of hydrogen-bond donors (Lipinski definition) is 0. The van der Waals surface area contributed by atoms with Gasteiger partial charge in [0.25, 0.3) is 5.91 Å². The van der Waals surface area contributed by atoms with E-state index in [2.05, 4.69) is 0 Å². The molecule has 1 amide bonds. The number of aryl methyl sites for hydroxylation is 1. The molecule has 0 radical (unpaired) electrons. The molecule has 0 saturated carbocycles. The normalized spacial score (nSPS) is 18.8. The van der Waals surface area contributed by atoms with Crippen LogP contribution >= 0.6 is 0 Å². The number of amides is 1. The molecule has 1 aromatic carbocycles. The van der Waals surface area contributed by atoms with E-state index in [-0.39, 0.29) is 0 Å². The Kier molecular flexibility index (Phi) is 4.01. The number of benzene rings is 1. The third kappa shape index (κ3) is 2.51. The second kappa shape index (κ2) is 5.42. The summed E-state index contributed by atoms with van der Waals surface area (Å²) in [6.45, 7) is 0. The van der Waals surface area contributed by atoms with Crippen LogP contribution in [-0.4, -0.2) is 30.2 Å². The summed E-state index contributed by atoms with van der Waals surface area (Å²) in [5.41, 5.74) is 1.74. The highest BCUT2D eigenvalue weighted by Crippen LogP contribution is 2.36. The summed E-state index contributed by atoms with van der Waals surface area (Å²) in [4.78, 5) is 12.4. The summed E-state index contributed by atoms with van der Waals surface area (Å²) in [5, 5.41) is 0. The number of carbonyl (C=O) groups is 1. The Hall–Kier alpha value is -1.59. The predicted octanol–water partition coefficient (Wildman–Crippen LogP) is 3.42. The van der Waals surface area contributed by atoms with Gasteiger partial charge in [0.15, 0.2) is 0 Å². The largest absolute Gasteiger partial charge is 0.383 e. The molecule has 1 aliphatic rings. The number of nitrogens with zero attached hydrogens (tertiary/aromatic N) is 1. The fraction of sp³-hybridized carbons (Fsp3) is 0.500. The van der Waals surface area contributed by atoms with E-state index in [1.165, 1.54) is 0 Å². The first-order valence-corrected chi connectivity index (χ1v) is 6.36. The molecule has 0 saturated heterocycles. The molecule has 20 heavy (non-hydrogen) atoms. The van der Waals surface area contributed by atoms with E-state index in [1.54, 1.807) is 12.1 Å². The van der Waals surface area contributed by atoms with Crippen molar-refractivity contribution >= 4 is 5.91 Å². The third-order valence-electron chi connectivity index (χ3n) is 3.68. The van der Waals surface area contributed by atoms with Crippen LogP contribution in [0.1, 0.15) is 30.0 Å². The van der Waals surface area contributed by atoms with Crippen LogP contribution < -0.4 is 0 Å². The highest BCUT2D eigenvalue weighted by Gasteiger charge is 2.51. The smallest absolute Gasteiger partial charge is 0.333 e. The summed E-state index contributed by atoms with van der Waals surface area (Å²) in [7, 11) is 1.16. The number of carbonyl (C=O) groups excluding carboxylic acids is 1. The number of halogens is 4. The van der Waals surface area contributed by atoms with E-state index in [0.717, 1.165) is 35.9 Å². The molecule has 2 nitrogen and oxygen atoms in total. The van der Waals surface area contributed by atoms with Crippen molar-refractivity contribution in [3.8, 4) is 0 Å². The molecular weight excluding hydrogens is 274 g/mol. The van der Waals surface area contributed by atoms with E-state index >= 15 is 0 Å². The predicted molar refractivity (Wildman–Crippen MR) is 65.8 cm³/mol. The lowest BCUT2D eigenvalue weighted by Crippen LogP contribution is -2.47. The highest BCUT2D eigenvalue weighted by molar-refractivity contribution is 5.84. The Morgan fingerprint density at radius 2 is 2.00 bits per heavy atom. The van der Waals surface area contributed by atoms with Gasteiger partial charge in [-0.25, -0.2) is 8.78 Å². The van der Waals surface area contributed by atoms with Crippen LogP contribution in [0.4, 0.5) is 17.6 Å². The van der Waals surface area contributed by atoms with Gasteiger partial charge in [-0.15, -0.1) is 0 Å². The molecule has 1 aliphatic carbocycles. The molecular formula is C14H15F4NO. The maximum Gasteiger partial charge on any atom is 0.383 e. The minimum Gasteiger partial charge on any atom is -0.333 e. The van der Waals surface area contributed by atoms with Gasteiger partial charge in [0.1, 0.15) is 0 Å². The fourth-order valence-electron chi connectivity index (χ4n) is 2.60. The molecule has 0 spiro atoms. The number of rotatable bonds is 3. The zero-order chi connectivity index (χ0) is 14.9. The second-order valence-corrected chi connectivity index (χ2v) is 4.95. The van der Waals surface area contributed by atoms with Crippen molar-refractivity contribution in [1.29, 1.82) is 0 Å². The van der Waals surface area contributed by atoms with Gasteiger partial charge in [-0.1, -0.05) is 24.3 Å². The number of alkyl halides is 4. The highest BCUT2D eigenvalue weighted by atomic mass is 19.3. The fourth-order valence-corrected chi connectivity index (χ4v) is 2.60. The van der Waals surface area contributed by atoms with Crippen LogP contribution in [0.15, 0.2) is 24.3 Å². The second-order valence-electron chi connectivity index (χ2n) is 4.95. The summed E-state index contributed by atoms with van der Waals surface area (Å²) in [5.74, 6) is -6.46. The zero-order valence-electron chi connectivity index (χ0n) is 11.0. The average Bonchev–Trinajstić information content (AvgIpc) is 2.44. The Morgan fingerprint density at radius 3 is 2.65 bits per heavy atom. The molecule has 1 atom stereocenters. The van der Waals surface area contributed by atoms with E-state index in [9.17, 15) is 22.4 Å². The summed E-state index contributed by atoms with van der Waals surface area (Å²) in [6, 6.07) is 6.63. The summed E-state index contributed by atoms with van der Waals surface area (Å²) >= 11 is 0. The monoisotopic (exact) mass is 289 g/mol. The zero-order valence-corrected chi connectivity index (χ0v) is 11.0. The Bertz CT molecular complexity index is 504. The van der Waals surface area contributed by atoms with Gasteiger partial charge in [0.2, 0.25) is 0 Å². The molecule has 0 aliphatic heterocycles. The first kappa shape index (κ1) is 14.8. The minimum absolute atomic E-state index is 0.499. The molecule has 0 aromatic heterocycles. The van der Waals surface area contributed by atoms with Gasteiger partial charge in [-0.2, -0.15) is 8.78 Å². The number of hydrogen-bond acceptors (Lipinski definition) is 1. The lowest BCUT2D eigenvalue weighted by molar-refractivity contribution is -0.181. The SMILES string of the molecule is CN(C(=O)C(F)(F)C(F)F)C1CCCc2ccccc21. The molecule has 1 aromatic rings. The van der Waals surface area contributed by atoms with E-state index in [1.807, 2.05) is 12.1 Å². The van der Waals surface area contributed by atoms with Crippen LogP contribution in [0.3, 0.4) is 0 Å². The molecule has 0 fully saturated rings. The molecule has 1 unspecified atom stereocenters. The molecule has 110 valence electrons. The van der Waals surface area contributed by atoms with Crippen molar-refractivity contribution in [2.75, 3.05) is 7.05 Å². The molecule has 0 heterocycles. The Labute approximate surface area is 114 Å². The standard InChI is InChI=1S/C14H15F4NO/c1-19(13(20)14(17,18)12(15)16)11-8-4-6-9-5-2-3-7-10(9)11/h2-3,5,7,11-12H,4,6,8H2,1H3. The number of fused-ring (bicyclic) bond motifs is 1. The van der Waals surface area contributed by atoms with Gasteiger partial charge < -0.3 is 4.90 Å².